The summed E-state index contributed by atoms with van der Waals surface area (Å²) in [5.74, 6) is -1.06. The fourth-order valence-electron chi connectivity index (χ4n) is 4.40. The van der Waals surface area contributed by atoms with Gasteiger partial charge in [-0.25, -0.2) is 4.98 Å². The zero-order valence-electron chi connectivity index (χ0n) is 21.0. The number of benzene rings is 2. The molecule has 2 N–H and O–H groups in total. The number of halogens is 1. The monoisotopic (exact) mass is 551 g/mol. The van der Waals surface area contributed by atoms with Gasteiger partial charge in [-0.2, -0.15) is 4.98 Å². The van der Waals surface area contributed by atoms with Crippen LogP contribution in [0.15, 0.2) is 71.8 Å². The van der Waals surface area contributed by atoms with Crippen LogP contribution in [0, 0.1) is 0 Å². The fourth-order valence-corrected chi connectivity index (χ4v) is 4.68. The number of hydrogen-bond donors (Lipinski definition) is 2. The highest BCUT2D eigenvalue weighted by atomic mass is 35.5. The summed E-state index contributed by atoms with van der Waals surface area (Å²) in [6.45, 7) is 1.66. The van der Waals surface area contributed by atoms with Gasteiger partial charge >= 0.3 is 0 Å². The number of aromatic amines is 1. The number of hydrogen-bond acceptors (Lipinski definition) is 8. The van der Waals surface area contributed by atoms with Gasteiger partial charge < -0.3 is 14.2 Å². The van der Waals surface area contributed by atoms with Crippen LogP contribution in [0.4, 0.5) is 5.95 Å². The maximum Gasteiger partial charge on any atom is 0.280 e. The van der Waals surface area contributed by atoms with Crippen molar-refractivity contribution in [1.82, 2.24) is 19.5 Å². The van der Waals surface area contributed by atoms with Gasteiger partial charge in [0.25, 0.3) is 5.56 Å². The van der Waals surface area contributed by atoms with Crippen LogP contribution in [0.3, 0.4) is 0 Å². The van der Waals surface area contributed by atoms with Gasteiger partial charge in [-0.15, -0.1) is 11.6 Å². The van der Waals surface area contributed by atoms with Crippen molar-refractivity contribution >= 4 is 40.4 Å². The van der Waals surface area contributed by atoms with Gasteiger partial charge in [-0.1, -0.05) is 60.7 Å². The standard InChI is InChI=1S/C27H26ClN5O6/c1-17(34)30-26-31-23-20(24(36)32-26)29-16-33(23)25-21(35)22(38-13-19-10-6-3-7-11-19)27(14-28,39-25)15-37-12-18-8-4-2-5-9-18/h2-11,16,22,25H,12-15H2,1H3,(H2,30,31,32,34,36)/t22-,25+,27+/m0/s1. The van der Waals surface area contributed by atoms with Gasteiger partial charge in [-0.3, -0.25) is 29.3 Å². The second-order valence-electron chi connectivity index (χ2n) is 9.15. The molecule has 202 valence electrons. The van der Waals surface area contributed by atoms with Gasteiger partial charge in [-0.05, 0) is 11.1 Å². The highest BCUT2D eigenvalue weighted by Gasteiger charge is 2.56. The Labute approximate surface area is 228 Å². The van der Waals surface area contributed by atoms with Crippen LogP contribution < -0.4 is 10.9 Å². The van der Waals surface area contributed by atoms with Crippen LogP contribution in [0.1, 0.15) is 24.3 Å². The summed E-state index contributed by atoms with van der Waals surface area (Å²) in [7, 11) is 0. The normalized spacial score (nSPS) is 20.9. The van der Waals surface area contributed by atoms with E-state index in [0.717, 1.165) is 11.1 Å². The summed E-state index contributed by atoms with van der Waals surface area (Å²) >= 11 is 6.46. The molecule has 0 aliphatic carbocycles. The number of anilines is 1. The third kappa shape index (κ3) is 5.62. The van der Waals surface area contributed by atoms with E-state index in [0.29, 0.717) is 0 Å². The average molecular weight is 552 g/mol. The molecule has 39 heavy (non-hydrogen) atoms. The third-order valence-electron chi connectivity index (χ3n) is 6.25. The Hall–Kier alpha value is -3.90. The molecule has 0 spiro atoms. The van der Waals surface area contributed by atoms with Gasteiger partial charge in [0, 0.05) is 6.92 Å². The van der Waals surface area contributed by atoms with Crippen LogP contribution in [-0.4, -0.2) is 55.4 Å². The summed E-state index contributed by atoms with van der Waals surface area (Å²) in [6.07, 6.45) is -1.06. The van der Waals surface area contributed by atoms with E-state index in [4.69, 9.17) is 25.8 Å². The minimum Gasteiger partial charge on any atom is -0.374 e. The molecule has 1 aliphatic heterocycles. The van der Waals surface area contributed by atoms with Crippen molar-refractivity contribution in [2.24, 2.45) is 0 Å². The van der Waals surface area contributed by atoms with Crippen LogP contribution in [0.25, 0.3) is 11.2 Å². The number of ketones is 1. The van der Waals surface area contributed by atoms with Crippen molar-refractivity contribution < 1.29 is 23.8 Å². The van der Waals surface area contributed by atoms with E-state index in [9.17, 15) is 14.4 Å². The number of ether oxygens (including phenoxy) is 3. The SMILES string of the molecule is CC(=O)Nc1nc2c(ncn2[C@@H]2O[C@](CCl)(COCc3ccccc3)[C@@H](OCc3ccccc3)C2=O)c(=O)[nH]1. The van der Waals surface area contributed by atoms with Crippen molar-refractivity contribution in [3.8, 4) is 0 Å². The first-order valence-electron chi connectivity index (χ1n) is 12.2. The molecule has 11 nitrogen and oxygen atoms in total. The fraction of sp³-hybridized carbons (Fsp3) is 0.296. The minimum absolute atomic E-state index is 0.0223. The maximum absolute atomic E-state index is 13.8. The smallest absolute Gasteiger partial charge is 0.280 e. The Bertz CT molecular complexity index is 1530. The third-order valence-corrected chi connectivity index (χ3v) is 6.70. The first-order chi connectivity index (χ1) is 18.9. The van der Waals surface area contributed by atoms with E-state index < -0.39 is 35.2 Å². The highest BCUT2D eigenvalue weighted by Crippen LogP contribution is 2.39. The second-order valence-corrected chi connectivity index (χ2v) is 9.41. The van der Waals surface area contributed by atoms with Crippen molar-refractivity contribution in [3.05, 3.63) is 88.5 Å². The van der Waals surface area contributed by atoms with Crippen molar-refractivity contribution in [2.75, 3.05) is 17.8 Å². The molecule has 1 aliphatic rings. The van der Waals surface area contributed by atoms with E-state index in [-0.39, 0.29) is 42.8 Å². The number of H-pyrrole nitrogens is 1. The zero-order valence-corrected chi connectivity index (χ0v) is 21.8. The molecule has 1 amide bonds. The molecule has 1 saturated heterocycles. The van der Waals surface area contributed by atoms with Crippen LogP contribution in [-0.2, 0) is 37.0 Å². The molecule has 0 saturated carbocycles. The Morgan fingerprint density at radius 3 is 2.41 bits per heavy atom. The van der Waals surface area contributed by atoms with Gasteiger partial charge in [0.2, 0.25) is 17.6 Å². The lowest BCUT2D eigenvalue weighted by atomic mass is 9.98. The minimum atomic E-state index is -1.34. The first-order valence-corrected chi connectivity index (χ1v) is 12.7. The van der Waals surface area contributed by atoms with Gasteiger partial charge in [0.1, 0.15) is 5.60 Å². The van der Waals surface area contributed by atoms with E-state index >= 15 is 0 Å². The highest BCUT2D eigenvalue weighted by molar-refractivity contribution is 6.19. The summed E-state index contributed by atoms with van der Waals surface area (Å²) in [5.41, 5.74) is -0.0858. The lowest BCUT2D eigenvalue weighted by Gasteiger charge is -2.31. The number of amides is 1. The number of imidazole rings is 1. The van der Waals surface area contributed by atoms with Gasteiger partial charge in [0.15, 0.2) is 23.5 Å². The van der Waals surface area contributed by atoms with Crippen molar-refractivity contribution in [3.63, 3.8) is 0 Å². The molecule has 5 rings (SSSR count). The second kappa shape index (κ2) is 11.5. The molecule has 2 aromatic carbocycles. The molecule has 2 aromatic heterocycles. The van der Waals surface area contributed by atoms with E-state index in [2.05, 4.69) is 20.3 Å². The van der Waals surface area contributed by atoms with Crippen LogP contribution >= 0.6 is 11.6 Å². The maximum atomic E-state index is 13.8. The van der Waals surface area contributed by atoms with Crippen molar-refractivity contribution in [1.29, 1.82) is 0 Å². The molecule has 4 aromatic rings. The molecule has 12 heteroatoms. The van der Waals surface area contributed by atoms with E-state index in [1.54, 1.807) is 0 Å². The molecule has 0 unspecified atom stereocenters. The number of Topliss-reactive ketones (excluding diaryl/α,β-unsaturated/α-hetero) is 1. The number of nitrogens with one attached hydrogen (secondary N) is 2. The number of carbonyl (C=O) groups excluding carboxylic acids is 2. The molecule has 3 atom stereocenters. The number of alkyl halides is 1. The van der Waals surface area contributed by atoms with Crippen LogP contribution in [0.2, 0.25) is 0 Å². The summed E-state index contributed by atoms with van der Waals surface area (Å²) < 4.78 is 19.8. The van der Waals surface area contributed by atoms with Crippen LogP contribution in [0.5, 0.6) is 0 Å². The molecule has 1 fully saturated rings. The number of fused-ring (bicyclic) bond motifs is 1. The number of carbonyl (C=O) groups is 2. The first kappa shape index (κ1) is 26.7. The quantitative estimate of drug-likeness (QED) is 0.287. The van der Waals surface area contributed by atoms with E-state index in [1.165, 1.54) is 17.8 Å². The zero-order chi connectivity index (χ0) is 27.4. The Kier molecular flexibility index (Phi) is 7.84. The van der Waals surface area contributed by atoms with Crippen molar-refractivity contribution in [2.45, 2.75) is 38.1 Å². The molecular formula is C27H26ClN5O6. The van der Waals surface area contributed by atoms with Gasteiger partial charge in [0.05, 0.1) is 32.0 Å². The Morgan fingerprint density at radius 1 is 1.10 bits per heavy atom. The lowest BCUT2D eigenvalue weighted by molar-refractivity contribution is -0.144. The summed E-state index contributed by atoms with van der Waals surface area (Å²) in [4.78, 5) is 48.8. The Morgan fingerprint density at radius 2 is 1.77 bits per heavy atom. The number of rotatable bonds is 10. The molecule has 3 heterocycles. The predicted molar refractivity (Wildman–Crippen MR) is 142 cm³/mol. The molecule has 0 radical (unpaired) electrons. The number of aromatic nitrogens is 4. The molecule has 0 bridgehead atoms. The lowest BCUT2D eigenvalue weighted by Crippen LogP contribution is -2.49. The topological polar surface area (TPSA) is 137 Å². The van der Waals surface area contributed by atoms with E-state index in [1.807, 2.05) is 60.7 Å². The summed E-state index contributed by atoms with van der Waals surface area (Å²) in [6, 6.07) is 19.0. The largest absolute Gasteiger partial charge is 0.374 e. The Balaban J connectivity index is 1.47. The predicted octanol–water partition coefficient (Wildman–Crippen LogP) is 2.96. The average Bonchev–Trinajstić information content (AvgIpc) is 3.47. The molecular weight excluding hydrogens is 526 g/mol. The summed E-state index contributed by atoms with van der Waals surface area (Å²) in [5, 5.41) is 2.44. The number of nitrogens with zero attached hydrogens (tertiary/aromatic N) is 3.